The molecular weight excluding hydrogens is 286 g/mol. The molecule has 0 aliphatic rings. The maximum absolute atomic E-state index is 5.92. The molecule has 3 aromatic rings. The Balaban J connectivity index is 2.32. The van der Waals surface area contributed by atoms with E-state index in [1.165, 1.54) is 0 Å². The van der Waals surface area contributed by atoms with E-state index in [1.807, 2.05) is 47.9 Å². The Morgan fingerprint density at radius 2 is 1.95 bits per heavy atom. The van der Waals surface area contributed by atoms with Gasteiger partial charge in [0.25, 0.3) is 0 Å². The van der Waals surface area contributed by atoms with Crippen LogP contribution in [0.2, 0.25) is 0 Å². The van der Waals surface area contributed by atoms with Gasteiger partial charge in [-0.05, 0) is 31.2 Å². The Bertz CT molecular complexity index is 782. The molecule has 0 saturated heterocycles. The summed E-state index contributed by atoms with van der Waals surface area (Å²) in [5.41, 5.74) is 3.59. The number of hydrogen-bond donors (Lipinski definition) is 0. The molecule has 0 radical (unpaired) electrons. The lowest BCUT2D eigenvalue weighted by molar-refractivity contribution is 0.413. The van der Waals surface area contributed by atoms with Crippen molar-refractivity contribution in [3.05, 3.63) is 47.9 Å². The van der Waals surface area contributed by atoms with E-state index < -0.39 is 0 Å². The van der Waals surface area contributed by atoms with Crippen molar-refractivity contribution in [2.45, 2.75) is 13.3 Å². The van der Waals surface area contributed by atoms with Gasteiger partial charge >= 0.3 is 0 Å². The minimum Gasteiger partial charge on any atom is -0.495 e. The number of alkyl halides is 1. The Morgan fingerprint density at radius 1 is 1.14 bits per heavy atom. The molecule has 0 saturated carbocycles. The number of pyridine rings is 1. The van der Waals surface area contributed by atoms with Crippen molar-refractivity contribution >= 4 is 22.8 Å². The smallest absolute Gasteiger partial charge is 0.165 e. The van der Waals surface area contributed by atoms with Crippen LogP contribution < -0.4 is 4.74 Å². The van der Waals surface area contributed by atoms with Gasteiger partial charge in [0.2, 0.25) is 0 Å². The van der Waals surface area contributed by atoms with E-state index in [2.05, 4.69) is 9.97 Å². The van der Waals surface area contributed by atoms with Crippen molar-refractivity contribution < 1.29 is 4.74 Å². The normalized spacial score (nSPS) is 11.0. The summed E-state index contributed by atoms with van der Waals surface area (Å²) in [7, 11) is 1.66. The zero-order valence-corrected chi connectivity index (χ0v) is 12.8. The molecule has 0 aliphatic carbocycles. The molecule has 0 fully saturated rings. The van der Waals surface area contributed by atoms with Gasteiger partial charge in [0.05, 0.1) is 12.8 Å². The van der Waals surface area contributed by atoms with E-state index in [1.54, 1.807) is 7.11 Å². The summed E-state index contributed by atoms with van der Waals surface area (Å²) < 4.78 is 7.50. The molecule has 0 N–H and O–H groups in total. The Kier molecular flexibility index (Phi) is 3.80. The fourth-order valence-electron chi connectivity index (χ4n) is 2.42. The molecule has 0 amide bonds. The first kappa shape index (κ1) is 13.9. The van der Waals surface area contributed by atoms with Gasteiger partial charge < -0.3 is 4.74 Å². The van der Waals surface area contributed by atoms with Crippen molar-refractivity contribution in [1.82, 2.24) is 14.5 Å². The maximum atomic E-state index is 5.92. The lowest BCUT2D eigenvalue weighted by Crippen LogP contribution is -2.05. The van der Waals surface area contributed by atoms with E-state index in [0.29, 0.717) is 12.3 Å². The monoisotopic (exact) mass is 301 g/mol. The average Bonchev–Trinajstić information content (AvgIpc) is 2.84. The summed E-state index contributed by atoms with van der Waals surface area (Å²) in [5, 5.41) is 0. The third-order valence-corrected chi connectivity index (χ3v) is 3.55. The van der Waals surface area contributed by atoms with E-state index >= 15 is 0 Å². The van der Waals surface area contributed by atoms with Crippen LogP contribution in [0.15, 0.2) is 36.4 Å². The molecule has 0 atom stereocenters. The van der Waals surface area contributed by atoms with Gasteiger partial charge in [-0.3, -0.25) is 4.57 Å². The van der Waals surface area contributed by atoms with E-state index in [-0.39, 0.29) is 0 Å². The minimum atomic E-state index is 0.511. The van der Waals surface area contributed by atoms with Crippen LogP contribution in [0.25, 0.3) is 16.9 Å². The second kappa shape index (κ2) is 5.74. The molecule has 0 aliphatic heterocycles. The van der Waals surface area contributed by atoms with Crippen molar-refractivity contribution in [3.63, 3.8) is 0 Å². The molecule has 2 heterocycles. The van der Waals surface area contributed by atoms with Crippen molar-refractivity contribution in [1.29, 1.82) is 0 Å². The van der Waals surface area contributed by atoms with E-state index in [0.717, 1.165) is 34.1 Å². The molecule has 108 valence electrons. The summed E-state index contributed by atoms with van der Waals surface area (Å²) in [6.07, 6.45) is 0.676. The van der Waals surface area contributed by atoms with Gasteiger partial charge in [-0.25, -0.2) is 9.97 Å². The van der Waals surface area contributed by atoms with Crippen LogP contribution in [0.1, 0.15) is 11.5 Å². The maximum Gasteiger partial charge on any atom is 0.165 e. The van der Waals surface area contributed by atoms with E-state index in [9.17, 15) is 0 Å². The fraction of sp³-hybridized carbons (Fsp3) is 0.250. The number of aryl methyl sites for hydroxylation is 2. The lowest BCUT2D eigenvalue weighted by atomic mass is 10.2. The van der Waals surface area contributed by atoms with Gasteiger partial charge in [-0.1, -0.05) is 12.1 Å². The molecule has 4 nitrogen and oxygen atoms in total. The van der Waals surface area contributed by atoms with Gasteiger partial charge in [0.15, 0.2) is 5.65 Å². The zero-order valence-electron chi connectivity index (χ0n) is 12.0. The quantitative estimate of drug-likeness (QED) is 0.692. The first-order valence-corrected chi connectivity index (χ1v) is 7.32. The van der Waals surface area contributed by atoms with Crippen LogP contribution >= 0.6 is 11.6 Å². The van der Waals surface area contributed by atoms with Crippen LogP contribution in [-0.2, 0) is 6.42 Å². The second-order valence-corrected chi connectivity index (χ2v) is 5.15. The highest BCUT2D eigenvalue weighted by molar-refractivity contribution is 6.17. The minimum absolute atomic E-state index is 0.511. The van der Waals surface area contributed by atoms with Crippen molar-refractivity contribution in [2.75, 3.05) is 13.0 Å². The Morgan fingerprint density at radius 3 is 2.71 bits per heavy atom. The van der Waals surface area contributed by atoms with E-state index in [4.69, 9.17) is 16.3 Å². The molecule has 21 heavy (non-hydrogen) atoms. The number of nitrogens with zero attached hydrogens (tertiary/aromatic N) is 3. The average molecular weight is 302 g/mol. The highest BCUT2D eigenvalue weighted by atomic mass is 35.5. The molecule has 0 bridgehead atoms. The number of fused-ring (bicyclic) bond motifs is 1. The largest absolute Gasteiger partial charge is 0.495 e. The topological polar surface area (TPSA) is 39.9 Å². The van der Waals surface area contributed by atoms with Crippen molar-refractivity contribution in [3.8, 4) is 11.4 Å². The zero-order chi connectivity index (χ0) is 14.8. The van der Waals surface area contributed by atoms with Gasteiger partial charge in [0.1, 0.15) is 17.1 Å². The van der Waals surface area contributed by atoms with Gasteiger partial charge in [0, 0.05) is 18.0 Å². The summed E-state index contributed by atoms with van der Waals surface area (Å²) in [5.74, 6) is 2.19. The standard InChI is InChI=1S/C16H16ClN3O/c1-11-7-8-12-16(18-11)20(15(19-12)9-10-17)13-5-3-4-6-14(13)21-2/h3-8H,9-10H2,1-2H3. The first-order chi connectivity index (χ1) is 10.2. The number of imidazole rings is 1. The third kappa shape index (κ3) is 2.47. The summed E-state index contributed by atoms with van der Waals surface area (Å²) >= 11 is 5.92. The Hall–Kier alpha value is -2.07. The number of benzene rings is 1. The molecular formula is C16H16ClN3O. The second-order valence-electron chi connectivity index (χ2n) is 4.77. The Labute approximate surface area is 128 Å². The van der Waals surface area contributed by atoms with Crippen molar-refractivity contribution in [2.24, 2.45) is 0 Å². The summed E-state index contributed by atoms with van der Waals surface area (Å²) in [4.78, 5) is 9.29. The molecule has 0 spiro atoms. The van der Waals surface area contributed by atoms with Crippen LogP contribution in [-0.4, -0.2) is 27.5 Å². The lowest BCUT2D eigenvalue weighted by Gasteiger charge is -2.12. The molecule has 2 aromatic heterocycles. The number of aromatic nitrogens is 3. The SMILES string of the molecule is COc1ccccc1-n1c(CCCl)nc2ccc(C)nc21. The highest BCUT2D eigenvalue weighted by Crippen LogP contribution is 2.28. The molecule has 0 unspecified atom stereocenters. The number of methoxy groups -OCH3 is 1. The summed E-state index contributed by atoms with van der Waals surface area (Å²) in [6, 6.07) is 11.8. The van der Waals surface area contributed by atoms with Crippen LogP contribution in [0, 0.1) is 6.92 Å². The predicted octanol–water partition coefficient (Wildman–Crippen LogP) is 3.52. The van der Waals surface area contributed by atoms with Crippen LogP contribution in [0.5, 0.6) is 5.75 Å². The number of halogens is 1. The molecule has 3 rings (SSSR count). The predicted molar refractivity (Wildman–Crippen MR) is 84.6 cm³/mol. The van der Waals surface area contributed by atoms with Gasteiger partial charge in [-0.15, -0.1) is 11.6 Å². The number of hydrogen-bond acceptors (Lipinski definition) is 3. The number of ether oxygens (including phenoxy) is 1. The highest BCUT2D eigenvalue weighted by Gasteiger charge is 2.16. The third-order valence-electron chi connectivity index (χ3n) is 3.36. The molecule has 1 aromatic carbocycles. The van der Waals surface area contributed by atoms with Crippen LogP contribution in [0.3, 0.4) is 0 Å². The molecule has 5 heteroatoms. The summed E-state index contributed by atoms with van der Waals surface area (Å²) in [6.45, 7) is 1.97. The van der Waals surface area contributed by atoms with Gasteiger partial charge in [-0.2, -0.15) is 0 Å². The number of rotatable bonds is 4. The van der Waals surface area contributed by atoms with Crippen LogP contribution in [0.4, 0.5) is 0 Å². The first-order valence-electron chi connectivity index (χ1n) is 6.79. The fourth-order valence-corrected chi connectivity index (χ4v) is 2.59. The number of para-hydroxylation sites is 2.